The Kier molecular flexibility index (Phi) is 5.33. The molecule has 0 bridgehead atoms. The van der Waals surface area contributed by atoms with Gasteiger partial charge in [0.1, 0.15) is 0 Å². The number of phenolic OH excluding ortho intramolecular Hbond substituents is 1. The minimum Gasteiger partial charge on any atom is -0.504 e. The molecule has 1 aromatic rings. The number of hydrogen-bond donors (Lipinski definition) is 1. The minimum atomic E-state index is 0.284. The van der Waals surface area contributed by atoms with Crippen molar-refractivity contribution in [3.8, 4) is 11.5 Å². The van der Waals surface area contributed by atoms with Crippen LogP contribution in [0.4, 0.5) is 0 Å². The highest BCUT2D eigenvalue weighted by molar-refractivity contribution is 5.48. The summed E-state index contributed by atoms with van der Waals surface area (Å²) in [6, 6.07) is 3.98. The number of methoxy groups -OCH3 is 1. The standard InChI is InChI=1S/C18H28O2/c1-4-6-13(2)9-10-14-7-5-8-15-11-17(19)18(20-3)12-16(14)15/h11-14,19H,4-10H2,1-3H3. The highest BCUT2D eigenvalue weighted by Crippen LogP contribution is 2.41. The Hall–Kier alpha value is -1.18. The molecule has 0 aliphatic heterocycles. The second-order valence-corrected chi connectivity index (χ2v) is 6.28. The average Bonchev–Trinajstić information content (AvgIpc) is 2.44. The van der Waals surface area contributed by atoms with Crippen molar-refractivity contribution in [3.05, 3.63) is 23.3 Å². The zero-order valence-electron chi connectivity index (χ0n) is 13.1. The fourth-order valence-electron chi connectivity index (χ4n) is 3.50. The molecule has 0 saturated carbocycles. The largest absolute Gasteiger partial charge is 0.504 e. The van der Waals surface area contributed by atoms with Crippen molar-refractivity contribution in [3.63, 3.8) is 0 Å². The molecule has 1 aromatic carbocycles. The molecular weight excluding hydrogens is 248 g/mol. The lowest BCUT2D eigenvalue weighted by Gasteiger charge is -2.27. The van der Waals surface area contributed by atoms with E-state index in [2.05, 4.69) is 19.9 Å². The van der Waals surface area contributed by atoms with Crippen LogP contribution in [-0.4, -0.2) is 12.2 Å². The van der Waals surface area contributed by atoms with E-state index in [1.54, 1.807) is 7.11 Å². The maximum absolute atomic E-state index is 9.92. The molecule has 0 spiro atoms. The number of benzene rings is 1. The summed E-state index contributed by atoms with van der Waals surface area (Å²) < 4.78 is 5.27. The fourth-order valence-corrected chi connectivity index (χ4v) is 3.50. The lowest BCUT2D eigenvalue weighted by Crippen LogP contribution is -2.11. The Bertz CT molecular complexity index is 439. The van der Waals surface area contributed by atoms with Crippen molar-refractivity contribution in [2.45, 2.75) is 64.7 Å². The topological polar surface area (TPSA) is 29.5 Å². The van der Waals surface area contributed by atoms with Gasteiger partial charge in [0.05, 0.1) is 7.11 Å². The molecule has 2 unspecified atom stereocenters. The molecule has 0 fully saturated rings. The first-order chi connectivity index (χ1) is 9.65. The van der Waals surface area contributed by atoms with Crippen LogP contribution in [0.5, 0.6) is 11.5 Å². The molecule has 1 N–H and O–H groups in total. The molecule has 112 valence electrons. The van der Waals surface area contributed by atoms with Gasteiger partial charge in [-0.05, 0) is 60.8 Å². The Morgan fingerprint density at radius 1 is 1.35 bits per heavy atom. The van der Waals surface area contributed by atoms with Crippen LogP contribution in [-0.2, 0) is 6.42 Å². The van der Waals surface area contributed by atoms with Gasteiger partial charge >= 0.3 is 0 Å². The zero-order chi connectivity index (χ0) is 14.5. The monoisotopic (exact) mass is 276 g/mol. The quantitative estimate of drug-likeness (QED) is 0.789. The van der Waals surface area contributed by atoms with Crippen molar-refractivity contribution >= 4 is 0 Å². The van der Waals surface area contributed by atoms with E-state index >= 15 is 0 Å². The van der Waals surface area contributed by atoms with Crippen LogP contribution in [0.1, 0.15) is 69.4 Å². The molecule has 2 atom stereocenters. The van der Waals surface area contributed by atoms with Gasteiger partial charge in [-0.25, -0.2) is 0 Å². The molecule has 1 aliphatic rings. The van der Waals surface area contributed by atoms with Crippen molar-refractivity contribution in [1.82, 2.24) is 0 Å². The van der Waals surface area contributed by atoms with Gasteiger partial charge in [0.25, 0.3) is 0 Å². The summed E-state index contributed by atoms with van der Waals surface area (Å²) >= 11 is 0. The first-order valence-electron chi connectivity index (χ1n) is 8.05. The van der Waals surface area contributed by atoms with E-state index in [1.165, 1.54) is 49.7 Å². The molecule has 2 heteroatoms. The van der Waals surface area contributed by atoms with E-state index in [9.17, 15) is 5.11 Å². The summed E-state index contributed by atoms with van der Waals surface area (Å²) in [5.41, 5.74) is 2.73. The van der Waals surface area contributed by atoms with E-state index in [4.69, 9.17) is 4.74 Å². The van der Waals surface area contributed by atoms with Gasteiger partial charge in [-0.1, -0.05) is 33.1 Å². The van der Waals surface area contributed by atoms with Crippen LogP contribution in [0.2, 0.25) is 0 Å². The third-order valence-electron chi connectivity index (χ3n) is 4.67. The molecule has 0 saturated heterocycles. The number of phenols is 1. The van der Waals surface area contributed by atoms with Crippen molar-refractivity contribution < 1.29 is 9.84 Å². The fraction of sp³-hybridized carbons (Fsp3) is 0.667. The summed E-state index contributed by atoms with van der Waals surface area (Å²) in [6.45, 7) is 4.63. The predicted molar refractivity (Wildman–Crippen MR) is 83.6 cm³/mol. The minimum absolute atomic E-state index is 0.284. The van der Waals surface area contributed by atoms with Crippen LogP contribution >= 0.6 is 0 Å². The Morgan fingerprint density at radius 3 is 2.85 bits per heavy atom. The van der Waals surface area contributed by atoms with Gasteiger partial charge < -0.3 is 9.84 Å². The van der Waals surface area contributed by atoms with Crippen molar-refractivity contribution in [2.24, 2.45) is 5.92 Å². The smallest absolute Gasteiger partial charge is 0.160 e. The molecule has 2 rings (SSSR count). The SMILES string of the molecule is CCCC(C)CCC1CCCc2cc(O)c(OC)cc21. The molecule has 20 heavy (non-hydrogen) atoms. The van der Waals surface area contributed by atoms with Gasteiger partial charge in [-0.3, -0.25) is 0 Å². The van der Waals surface area contributed by atoms with E-state index in [0.29, 0.717) is 11.7 Å². The maximum Gasteiger partial charge on any atom is 0.160 e. The van der Waals surface area contributed by atoms with Crippen LogP contribution in [0.3, 0.4) is 0 Å². The van der Waals surface area contributed by atoms with Crippen LogP contribution in [0, 0.1) is 5.92 Å². The lowest BCUT2D eigenvalue weighted by atomic mass is 9.79. The molecule has 0 heterocycles. The van der Waals surface area contributed by atoms with Gasteiger partial charge in [0.15, 0.2) is 11.5 Å². The Balaban J connectivity index is 2.11. The van der Waals surface area contributed by atoms with Crippen molar-refractivity contribution in [1.29, 1.82) is 0 Å². The highest BCUT2D eigenvalue weighted by atomic mass is 16.5. The number of fused-ring (bicyclic) bond motifs is 1. The van der Waals surface area contributed by atoms with Crippen LogP contribution in [0.25, 0.3) is 0 Å². The van der Waals surface area contributed by atoms with Gasteiger partial charge in [-0.15, -0.1) is 0 Å². The highest BCUT2D eigenvalue weighted by Gasteiger charge is 2.22. The van der Waals surface area contributed by atoms with E-state index < -0.39 is 0 Å². The van der Waals surface area contributed by atoms with Gasteiger partial charge in [0, 0.05) is 0 Å². The molecule has 0 aromatic heterocycles. The zero-order valence-corrected chi connectivity index (χ0v) is 13.1. The molecule has 0 amide bonds. The molecular formula is C18H28O2. The van der Waals surface area contributed by atoms with Gasteiger partial charge in [-0.2, -0.15) is 0 Å². The summed E-state index contributed by atoms with van der Waals surface area (Å²) in [6.07, 6.45) is 8.80. The third kappa shape index (κ3) is 3.47. The average molecular weight is 276 g/mol. The first kappa shape index (κ1) is 15.2. The second-order valence-electron chi connectivity index (χ2n) is 6.28. The van der Waals surface area contributed by atoms with E-state index in [0.717, 1.165) is 12.3 Å². The van der Waals surface area contributed by atoms with Crippen molar-refractivity contribution in [2.75, 3.05) is 7.11 Å². The molecule has 2 nitrogen and oxygen atoms in total. The van der Waals surface area contributed by atoms with Crippen LogP contribution < -0.4 is 4.74 Å². The number of hydrogen-bond acceptors (Lipinski definition) is 2. The second kappa shape index (κ2) is 7.01. The summed E-state index contributed by atoms with van der Waals surface area (Å²) in [4.78, 5) is 0. The third-order valence-corrected chi connectivity index (χ3v) is 4.67. The Morgan fingerprint density at radius 2 is 2.15 bits per heavy atom. The number of rotatable bonds is 6. The molecule has 1 aliphatic carbocycles. The lowest BCUT2D eigenvalue weighted by molar-refractivity contribution is 0.368. The summed E-state index contributed by atoms with van der Waals surface area (Å²) in [5, 5.41) is 9.92. The summed E-state index contributed by atoms with van der Waals surface area (Å²) in [7, 11) is 1.63. The maximum atomic E-state index is 9.92. The first-order valence-corrected chi connectivity index (χ1v) is 8.05. The normalized spacial score (nSPS) is 19.4. The number of aryl methyl sites for hydroxylation is 1. The van der Waals surface area contributed by atoms with Gasteiger partial charge in [0.2, 0.25) is 0 Å². The summed E-state index contributed by atoms with van der Waals surface area (Å²) in [5.74, 6) is 2.38. The van der Waals surface area contributed by atoms with Crippen LogP contribution in [0.15, 0.2) is 12.1 Å². The molecule has 0 radical (unpaired) electrons. The number of ether oxygens (including phenoxy) is 1. The Labute approximate surface area is 123 Å². The number of aromatic hydroxyl groups is 1. The van der Waals surface area contributed by atoms with E-state index in [-0.39, 0.29) is 5.75 Å². The van der Waals surface area contributed by atoms with E-state index in [1.807, 2.05) is 6.07 Å². The predicted octanol–water partition coefficient (Wildman–Crippen LogP) is 5.04.